The lowest BCUT2D eigenvalue weighted by molar-refractivity contribution is 0.0953. The number of hydrogen-bond acceptors (Lipinski definition) is 1. The molecule has 0 aliphatic carbocycles. The minimum atomic E-state index is -0.230. The van der Waals surface area contributed by atoms with Crippen molar-refractivity contribution in [1.82, 2.24) is 5.32 Å². The van der Waals surface area contributed by atoms with Gasteiger partial charge in [0.1, 0.15) is 0 Å². The molecule has 0 aliphatic rings. The van der Waals surface area contributed by atoms with Crippen LogP contribution in [0.15, 0.2) is 18.2 Å². The maximum Gasteiger partial charge on any atom is 0.252 e. The number of hydrogen-bond donors (Lipinski definition) is 1. The summed E-state index contributed by atoms with van der Waals surface area (Å²) in [7, 11) is 0. The second-order valence-corrected chi connectivity index (χ2v) is 6.02. The molecule has 0 spiro atoms. The van der Waals surface area contributed by atoms with Gasteiger partial charge in [-0.05, 0) is 30.5 Å². The molecule has 5 heteroatoms. The Labute approximate surface area is 123 Å². The molecule has 0 fully saturated rings. The van der Waals surface area contributed by atoms with Gasteiger partial charge in [0.25, 0.3) is 5.91 Å². The highest BCUT2D eigenvalue weighted by Gasteiger charge is 2.13. The fourth-order valence-corrected chi connectivity index (χ4v) is 2.49. The summed E-state index contributed by atoms with van der Waals surface area (Å²) in [5.74, 6) is 0.273. The number of benzene rings is 1. The minimum Gasteiger partial charge on any atom is -0.351 e. The van der Waals surface area contributed by atoms with Crippen LogP contribution in [-0.2, 0) is 0 Å². The van der Waals surface area contributed by atoms with Gasteiger partial charge in [0.2, 0.25) is 0 Å². The third kappa shape index (κ3) is 5.05. The van der Waals surface area contributed by atoms with Crippen LogP contribution in [0, 0.1) is 5.92 Å². The van der Waals surface area contributed by atoms with Crippen molar-refractivity contribution in [3.63, 3.8) is 0 Å². The average Bonchev–Trinajstić information content (AvgIpc) is 2.25. The van der Waals surface area contributed by atoms with E-state index in [1.54, 1.807) is 18.2 Å². The van der Waals surface area contributed by atoms with E-state index in [-0.39, 0.29) is 11.3 Å². The summed E-state index contributed by atoms with van der Waals surface area (Å²) in [6, 6.07) is 4.78. The number of carbonyl (C=O) groups is 1. The van der Waals surface area contributed by atoms with E-state index in [1.807, 2.05) is 0 Å². The standard InChI is InChI=1S/C13H16Cl3NO/c1-8(2)5-10(15)7-17-13(18)11-4-3-9(14)6-12(11)16/h3-4,6,8,10H,5,7H2,1-2H3,(H,17,18). The van der Waals surface area contributed by atoms with Crippen LogP contribution < -0.4 is 5.32 Å². The average molecular weight is 309 g/mol. The number of halogens is 3. The second kappa shape index (κ2) is 7.22. The fraction of sp³-hybridized carbons (Fsp3) is 0.462. The molecule has 0 heterocycles. The normalized spacial score (nSPS) is 12.6. The molecule has 1 rings (SSSR count). The van der Waals surface area contributed by atoms with Crippen molar-refractivity contribution in [1.29, 1.82) is 0 Å². The van der Waals surface area contributed by atoms with E-state index in [9.17, 15) is 4.79 Å². The molecule has 1 amide bonds. The van der Waals surface area contributed by atoms with Gasteiger partial charge in [-0.2, -0.15) is 0 Å². The van der Waals surface area contributed by atoms with Crippen LogP contribution in [0.1, 0.15) is 30.6 Å². The van der Waals surface area contributed by atoms with Crippen LogP contribution in [-0.4, -0.2) is 17.8 Å². The fourth-order valence-electron chi connectivity index (χ4n) is 1.57. The predicted molar refractivity (Wildman–Crippen MR) is 77.9 cm³/mol. The van der Waals surface area contributed by atoms with Gasteiger partial charge in [-0.1, -0.05) is 37.0 Å². The predicted octanol–water partition coefficient (Wildman–Crippen LogP) is 4.38. The molecule has 2 nitrogen and oxygen atoms in total. The SMILES string of the molecule is CC(C)CC(Cl)CNC(=O)c1ccc(Cl)cc1Cl. The van der Waals surface area contributed by atoms with E-state index < -0.39 is 0 Å². The molecule has 0 saturated heterocycles. The number of carbonyl (C=O) groups excluding carboxylic acids is 1. The zero-order valence-corrected chi connectivity index (χ0v) is 12.6. The van der Waals surface area contributed by atoms with Gasteiger partial charge in [-0.3, -0.25) is 4.79 Å². The van der Waals surface area contributed by atoms with Crippen molar-refractivity contribution in [2.75, 3.05) is 6.54 Å². The Morgan fingerprint density at radius 1 is 1.33 bits per heavy atom. The minimum absolute atomic E-state index is 0.0694. The first-order valence-corrected chi connectivity index (χ1v) is 6.96. The van der Waals surface area contributed by atoms with Crippen molar-refractivity contribution in [3.8, 4) is 0 Å². The van der Waals surface area contributed by atoms with Gasteiger partial charge in [0.15, 0.2) is 0 Å². The molecule has 0 radical (unpaired) electrons. The van der Waals surface area contributed by atoms with E-state index in [4.69, 9.17) is 34.8 Å². The third-order valence-corrected chi connectivity index (χ3v) is 3.27. The Morgan fingerprint density at radius 3 is 2.56 bits per heavy atom. The summed E-state index contributed by atoms with van der Waals surface area (Å²) in [4.78, 5) is 11.9. The van der Waals surface area contributed by atoms with Gasteiger partial charge in [0, 0.05) is 11.6 Å². The van der Waals surface area contributed by atoms with Crippen molar-refractivity contribution in [3.05, 3.63) is 33.8 Å². The van der Waals surface area contributed by atoms with E-state index >= 15 is 0 Å². The summed E-state index contributed by atoms with van der Waals surface area (Å²) in [5, 5.41) is 3.55. The Bertz CT molecular complexity index is 421. The number of rotatable bonds is 5. The van der Waals surface area contributed by atoms with Gasteiger partial charge in [0.05, 0.1) is 16.0 Å². The van der Waals surface area contributed by atoms with Crippen molar-refractivity contribution in [2.24, 2.45) is 5.92 Å². The molecule has 1 unspecified atom stereocenters. The summed E-state index contributed by atoms with van der Waals surface area (Å²) < 4.78 is 0. The summed E-state index contributed by atoms with van der Waals surface area (Å²) in [6.07, 6.45) is 0.857. The summed E-state index contributed by atoms with van der Waals surface area (Å²) >= 11 is 17.8. The van der Waals surface area contributed by atoms with Crippen molar-refractivity contribution >= 4 is 40.7 Å². The Morgan fingerprint density at radius 2 is 2.00 bits per heavy atom. The second-order valence-electron chi connectivity index (χ2n) is 4.56. The van der Waals surface area contributed by atoms with E-state index in [1.165, 1.54) is 0 Å². The Kier molecular flexibility index (Phi) is 6.27. The van der Waals surface area contributed by atoms with Crippen LogP contribution in [0.3, 0.4) is 0 Å². The Hall–Kier alpha value is -0.440. The van der Waals surface area contributed by atoms with Gasteiger partial charge < -0.3 is 5.32 Å². The molecule has 0 bridgehead atoms. The van der Waals surface area contributed by atoms with Crippen LogP contribution in [0.25, 0.3) is 0 Å². The zero-order valence-electron chi connectivity index (χ0n) is 10.3. The molecular formula is C13H16Cl3NO. The first-order valence-electron chi connectivity index (χ1n) is 5.77. The third-order valence-electron chi connectivity index (χ3n) is 2.39. The molecule has 0 aliphatic heterocycles. The molecule has 1 aromatic carbocycles. The molecular weight excluding hydrogens is 293 g/mol. The number of nitrogens with one attached hydrogen (secondary N) is 1. The molecule has 0 saturated carbocycles. The van der Waals surface area contributed by atoms with Crippen LogP contribution in [0.2, 0.25) is 10.0 Å². The first-order chi connectivity index (χ1) is 8.40. The molecule has 0 aromatic heterocycles. The molecule has 1 atom stereocenters. The lowest BCUT2D eigenvalue weighted by Gasteiger charge is -2.13. The molecule has 18 heavy (non-hydrogen) atoms. The highest BCUT2D eigenvalue weighted by molar-refractivity contribution is 6.36. The topological polar surface area (TPSA) is 29.1 Å². The van der Waals surface area contributed by atoms with Crippen molar-refractivity contribution in [2.45, 2.75) is 25.6 Å². The van der Waals surface area contributed by atoms with Crippen LogP contribution >= 0.6 is 34.8 Å². The summed E-state index contributed by atoms with van der Waals surface area (Å²) in [5.41, 5.74) is 0.412. The van der Waals surface area contributed by atoms with Gasteiger partial charge >= 0.3 is 0 Å². The first kappa shape index (κ1) is 15.6. The number of alkyl halides is 1. The number of amides is 1. The maximum absolute atomic E-state index is 11.9. The highest BCUT2D eigenvalue weighted by Crippen LogP contribution is 2.21. The lowest BCUT2D eigenvalue weighted by Crippen LogP contribution is -2.30. The highest BCUT2D eigenvalue weighted by atomic mass is 35.5. The van der Waals surface area contributed by atoms with Crippen LogP contribution in [0.5, 0.6) is 0 Å². The lowest BCUT2D eigenvalue weighted by atomic mass is 10.1. The van der Waals surface area contributed by atoms with Crippen LogP contribution in [0.4, 0.5) is 0 Å². The van der Waals surface area contributed by atoms with E-state index in [0.29, 0.717) is 28.1 Å². The largest absolute Gasteiger partial charge is 0.351 e. The molecule has 1 N–H and O–H groups in total. The summed E-state index contributed by atoms with van der Waals surface area (Å²) in [6.45, 7) is 4.61. The van der Waals surface area contributed by atoms with Gasteiger partial charge in [-0.25, -0.2) is 0 Å². The molecule has 100 valence electrons. The van der Waals surface area contributed by atoms with E-state index in [2.05, 4.69) is 19.2 Å². The zero-order chi connectivity index (χ0) is 13.7. The van der Waals surface area contributed by atoms with Crippen molar-refractivity contribution < 1.29 is 4.79 Å². The quantitative estimate of drug-likeness (QED) is 0.804. The molecule has 1 aromatic rings. The Balaban J connectivity index is 2.55. The smallest absolute Gasteiger partial charge is 0.252 e. The van der Waals surface area contributed by atoms with Gasteiger partial charge in [-0.15, -0.1) is 11.6 Å². The maximum atomic E-state index is 11.9. The monoisotopic (exact) mass is 307 g/mol. The van der Waals surface area contributed by atoms with E-state index in [0.717, 1.165) is 6.42 Å².